The molecule has 186 valence electrons. The molecule has 1 aliphatic rings. The number of benzene rings is 1. The van der Waals surface area contributed by atoms with Gasteiger partial charge in [0.1, 0.15) is 17.5 Å². The Labute approximate surface area is 201 Å². The normalized spacial score (nSPS) is 16.4. The van der Waals surface area contributed by atoms with Crippen LogP contribution in [0.1, 0.15) is 82.6 Å². The number of hydrogen-bond donors (Lipinski definition) is 1. The summed E-state index contributed by atoms with van der Waals surface area (Å²) in [5.74, 6) is 1.39. The molecule has 0 fully saturated rings. The highest BCUT2D eigenvalue weighted by Gasteiger charge is 2.31. The van der Waals surface area contributed by atoms with Crippen LogP contribution in [0.5, 0.6) is 0 Å². The summed E-state index contributed by atoms with van der Waals surface area (Å²) >= 11 is 0. The summed E-state index contributed by atoms with van der Waals surface area (Å²) in [5.41, 5.74) is 0.419. The third-order valence-electron chi connectivity index (χ3n) is 5.51. The first kappa shape index (κ1) is 25.7. The van der Waals surface area contributed by atoms with Crippen molar-refractivity contribution in [2.24, 2.45) is 0 Å². The Morgan fingerprint density at radius 3 is 2.68 bits per heavy atom. The van der Waals surface area contributed by atoms with Gasteiger partial charge < -0.3 is 24.1 Å². The zero-order chi connectivity index (χ0) is 24.6. The van der Waals surface area contributed by atoms with Gasteiger partial charge in [0.15, 0.2) is 5.82 Å². The fourth-order valence-corrected chi connectivity index (χ4v) is 4.04. The average Bonchev–Trinajstić information content (AvgIpc) is 3.21. The Bertz CT molecular complexity index is 939. The van der Waals surface area contributed by atoms with E-state index in [2.05, 4.69) is 15.5 Å². The SMILES string of the molecule is CCOC(=O)CCC1CCCn2c1nnc2C(COCc1ccccc1)NC(=O)OC(C)(C)C. The lowest BCUT2D eigenvalue weighted by Gasteiger charge is -2.26. The van der Waals surface area contributed by atoms with Crippen LogP contribution in [0.3, 0.4) is 0 Å². The smallest absolute Gasteiger partial charge is 0.408 e. The van der Waals surface area contributed by atoms with Crippen molar-refractivity contribution in [1.29, 1.82) is 0 Å². The van der Waals surface area contributed by atoms with Crippen LogP contribution >= 0.6 is 0 Å². The Kier molecular flexibility index (Phi) is 9.04. The Morgan fingerprint density at radius 2 is 1.97 bits per heavy atom. The van der Waals surface area contributed by atoms with Crippen molar-refractivity contribution in [3.05, 3.63) is 47.5 Å². The molecule has 0 saturated carbocycles. The van der Waals surface area contributed by atoms with Crippen molar-refractivity contribution in [2.45, 2.75) is 84.1 Å². The monoisotopic (exact) mass is 472 g/mol. The van der Waals surface area contributed by atoms with Crippen LogP contribution in [0.15, 0.2) is 30.3 Å². The molecule has 1 aromatic heterocycles. The molecule has 0 spiro atoms. The molecule has 1 N–H and O–H groups in total. The first-order valence-corrected chi connectivity index (χ1v) is 12.0. The number of carbonyl (C=O) groups excluding carboxylic acids is 2. The van der Waals surface area contributed by atoms with E-state index >= 15 is 0 Å². The van der Waals surface area contributed by atoms with Gasteiger partial charge in [0.25, 0.3) is 0 Å². The molecule has 2 aromatic rings. The van der Waals surface area contributed by atoms with E-state index in [9.17, 15) is 9.59 Å². The van der Waals surface area contributed by atoms with Gasteiger partial charge in [-0.2, -0.15) is 0 Å². The summed E-state index contributed by atoms with van der Waals surface area (Å²) in [6, 6.07) is 9.33. The number of nitrogens with one attached hydrogen (secondary N) is 1. The van der Waals surface area contributed by atoms with Crippen molar-refractivity contribution >= 4 is 12.1 Å². The summed E-state index contributed by atoms with van der Waals surface area (Å²) in [6.07, 6.45) is 2.35. The van der Waals surface area contributed by atoms with E-state index in [0.717, 1.165) is 30.8 Å². The van der Waals surface area contributed by atoms with E-state index < -0.39 is 17.7 Å². The number of rotatable bonds is 10. The maximum absolute atomic E-state index is 12.6. The summed E-state index contributed by atoms with van der Waals surface area (Å²) in [6.45, 7) is 9.03. The second-order valence-corrected chi connectivity index (χ2v) is 9.45. The van der Waals surface area contributed by atoms with Gasteiger partial charge in [-0.3, -0.25) is 4.79 Å². The molecule has 1 aromatic carbocycles. The van der Waals surface area contributed by atoms with E-state index in [1.165, 1.54) is 0 Å². The standard InChI is InChI=1S/C25H36N4O5/c1-5-33-21(30)14-13-19-12-9-15-29-22(19)27-28-23(29)20(26-24(31)34-25(2,3)4)17-32-16-18-10-7-6-8-11-18/h6-8,10-11,19-20H,5,9,12-17H2,1-4H3,(H,26,31). The first-order chi connectivity index (χ1) is 16.3. The molecular formula is C25H36N4O5. The fraction of sp³-hybridized carbons (Fsp3) is 0.600. The molecule has 0 saturated heterocycles. The van der Waals surface area contributed by atoms with Gasteiger partial charge in [-0.05, 0) is 52.5 Å². The lowest BCUT2D eigenvalue weighted by molar-refractivity contribution is -0.143. The molecule has 2 atom stereocenters. The van der Waals surface area contributed by atoms with Crippen molar-refractivity contribution in [1.82, 2.24) is 20.1 Å². The summed E-state index contributed by atoms with van der Waals surface area (Å²) in [5, 5.41) is 11.8. The third-order valence-corrected chi connectivity index (χ3v) is 5.51. The quantitative estimate of drug-likeness (QED) is 0.515. The highest BCUT2D eigenvalue weighted by molar-refractivity contribution is 5.69. The number of amides is 1. The number of alkyl carbamates (subject to hydrolysis) is 1. The zero-order valence-electron chi connectivity index (χ0n) is 20.6. The minimum Gasteiger partial charge on any atom is -0.466 e. The predicted octanol–water partition coefficient (Wildman–Crippen LogP) is 4.28. The molecule has 34 heavy (non-hydrogen) atoms. The van der Waals surface area contributed by atoms with Gasteiger partial charge in [0.05, 0.1) is 19.8 Å². The molecular weight excluding hydrogens is 436 g/mol. The Hall–Kier alpha value is -2.94. The molecule has 0 bridgehead atoms. The number of nitrogens with zero attached hydrogens (tertiary/aromatic N) is 3. The van der Waals surface area contributed by atoms with Crippen molar-refractivity contribution in [3.63, 3.8) is 0 Å². The van der Waals surface area contributed by atoms with Crippen LogP contribution in [0, 0.1) is 0 Å². The third kappa shape index (κ3) is 7.55. The van der Waals surface area contributed by atoms with Gasteiger partial charge in [0, 0.05) is 18.9 Å². The van der Waals surface area contributed by atoms with Gasteiger partial charge in [-0.1, -0.05) is 30.3 Å². The van der Waals surface area contributed by atoms with Crippen LogP contribution in [-0.4, -0.2) is 45.6 Å². The minimum absolute atomic E-state index is 0.117. The lowest BCUT2D eigenvalue weighted by Crippen LogP contribution is -2.38. The summed E-state index contributed by atoms with van der Waals surface area (Å²) < 4.78 is 18.5. The van der Waals surface area contributed by atoms with Crippen LogP contribution in [0.4, 0.5) is 4.79 Å². The zero-order valence-corrected chi connectivity index (χ0v) is 20.6. The van der Waals surface area contributed by atoms with Gasteiger partial charge in [0.2, 0.25) is 0 Å². The highest BCUT2D eigenvalue weighted by Crippen LogP contribution is 2.32. The van der Waals surface area contributed by atoms with E-state index in [-0.39, 0.29) is 18.5 Å². The summed E-state index contributed by atoms with van der Waals surface area (Å²) in [4.78, 5) is 24.4. The van der Waals surface area contributed by atoms with Gasteiger partial charge >= 0.3 is 12.1 Å². The highest BCUT2D eigenvalue weighted by atomic mass is 16.6. The second-order valence-electron chi connectivity index (χ2n) is 9.45. The van der Waals surface area contributed by atoms with Crippen LogP contribution in [-0.2, 0) is 32.2 Å². The van der Waals surface area contributed by atoms with Gasteiger partial charge in [-0.15, -0.1) is 10.2 Å². The number of ether oxygens (including phenoxy) is 3. The number of esters is 1. The Balaban J connectivity index is 1.74. The van der Waals surface area contributed by atoms with Crippen LogP contribution in [0.25, 0.3) is 0 Å². The molecule has 1 aliphatic heterocycles. The van der Waals surface area contributed by atoms with Crippen molar-refractivity contribution in [2.75, 3.05) is 13.2 Å². The number of carbonyl (C=O) groups is 2. The largest absolute Gasteiger partial charge is 0.466 e. The molecule has 0 aliphatic carbocycles. The van der Waals surface area contributed by atoms with E-state index in [0.29, 0.717) is 31.9 Å². The van der Waals surface area contributed by atoms with E-state index in [1.54, 1.807) is 6.92 Å². The molecule has 0 radical (unpaired) electrons. The number of fused-ring (bicyclic) bond motifs is 1. The first-order valence-electron chi connectivity index (χ1n) is 12.0. The second kappa shape index (κ2) is 12.0. The van der Waals surface area contributed by atoms with Crippen molar-refractivity contribution in [3.8, 4) is 0 Å². The molecule has 1 amide bonds. The maximum Gasteiger partial charge on any atom is 0.408 e. The fourth-order valence-electron chi connectivity index (χ4n) is 4.04. The minimum atomic E-state index is -0.623. The molecule has 3 rings (SSSR count). The van der Waals surface area contributed by atoms with Crippen LogP contribution in [0.2, 0.25) is 0 Å². The maximum atomic E-state index is 12.6. The lowest BCUT2D eigenvalue weighted by atomic mass is 9.94. The topological polar surface area (TPSA) is 105 Å². The number of aromatic nitrogens is 3. The molecule has 9 nitrogen and oxygen atoms in total. The molecule has 2 unspecified atom stereocenters. The average molecular weight is 473 g/mol. The number of hydrogen-bond acceptors (Lipinski definition) is 7. The van der Waals surface area contributed by atoms with Crippen molar-refractivity contribution < 1.29 is 23.8 Å². The molecule has 9 heteroatoms. The van der Waals surface area contributed by atoms with E-state index in [4.69, 9.17) is 14.2 Å². The Morgan fingerprint density at radius 1 is 1.21 bits per heavy atom. The molecule has 2 heterocycles. The van der Waals surface area contributed by atoms with Crippen LogP contribution < -0.4 is 5.32 Å². The van der Waals surface area contributed by atoms with E-state index in [1.807, 2.05) is 55.7 Å². The summed E-state index contributed by atoms with van der Waals surface area (Å²) in [7, 11) is 0. The predicted molar refractivity (Wildman–Crippen MR) is 126 cm³/mol. The van der Waals surface area contributed by atoms with Gasteiger partial charge in [-0.25, -0.2) is 4.79 Å².